The highest BCUT2D eigenvalue weighted by Crippen LogP contribution is 2.25. The summed E-state index contributed by atoms with van der Waals surface area (Å²) >= 11 is 0. The van der Waals surface area contributed by atoms with E-state index in [0.29, 0.717) is 6.04 Å². The number of nitrogens with one attached hydrogen (secondary N) is 2. The van der Waals surface area contributed by atoms with E-state index in [1.165, 1.54) is 6.92 Å². The van der Waals surface area contributed by atoms with Crippen LogP contribution in [-0.2, 0) is 9.53 Å². The lowest BCUT2D eigenvalue weighted by Crippen LogP contribution is -2.52. The van der Waals surface area contributed by atoms with Crippen molar-refractivity contribution in [3.8, 4) is 0 Å². The first-order chi connectivity index (χ1) is 10.9. The molecule has 6 heteroatoms. The van der Waals surface area contributed by atoms with Gasteiger partial charge >= 0.3 is 6.09 Å². The zero-order valence-electron chi connectivity index (χ0n) is 16.4. The fraction of sp³-hybridized carbons (Fsp3) is 0.889. The Kier molecular flexibility index (Phi) is 7.08. The minimum atomic E-state index is -0.545. The van der Waals surface area contributed by atoms with Crippen LogP contribution in [0.5, 0.6) is 0 Å². The molecule has 2 N–H and O–H groups in total. The zero-order chi connectivity index (χ0) is 18.5. The molecule has 2 amide bonds. The molecule has 0 unspecified atom stereocenters. The van der Waals surface area contributed by atoms with Crippen LogP contribution >= 0.6 is 0 Å². The van der Waals surface area contributed by atoms with Crippen LogP contribution in [0, 0.1) is 0 Å². The third-order valence-corrected chi connectivity index (χ3v) is 3.90. The van der Waals surface area contributed by atoms with E-state index in [2.05, 4.69) is 31.4 Å². The fourth-order valence-electron chi connectivity index (χ4n) is 3.00. The van der Waals surface area contributed by atoms with Crippen molar-refractivity contribution in [2.24, 2.45) is 0 Å². The number of nitrogens with zero attached hydrogens (tertiary/aromatic N) is 1. The molecule has 1 saturated carbocycles. The summed E-state index contributed by atoms with van der Waals surface area (Å²) in [7, 11) is 0. The van der Waals surface area contributed by atoms with Crippen molar-refractivity contribution in [3.63, 3.8) is 0 Å². The number of hydrogen-bond donors (Lipinski definition) is 2. The minimum Gasteiger partial charge on any atom is -0.444 e. The molecule has 0 aromatic rings. The summed E-state index contributed by atoms with van der Waals surface area (Å²) in [4.78, 5) is 25.4. The molecule has 0 saturated heterocycles. The summed E-state index contributed by atoms with van der Waals surface area (Å²) in [5.74, 6) is -0.147. The topological polar surface area (TPSA) is 70.7 Å². The van der Waals surface area contributed by atoms with Gasteiger partial charge in [0.25, 0.3) is 0 Å². The van der Waals surface area contributed by atoms with Gasteiger partial charge in [0.05, 0.1) is 6.67 Å². The summed E-state index contributed by atoms with van der Waals surface area (Å²) in [6.07, 6.45) is 3.49. The van der Waals surface area contributed by atoms with Crippen molar-refractivity contribution in [3.05, 3.63) is 0 Å². The number of ether oxygens (including phenoxy) is 1. The highest BCUT2D eigenvalue weighted by atomic mass is 16.6. The first-order valence-corrected chi connectivity index (χ1v) is 8.89. The molecule has 0 atom stereocenters. The third-order valence-electron chi connectivity index (χ3n) is 3.90. The Hall–Kier alpha value is -1.30. The molecule has 1 fully saturated rings. The molecule has 1 aliphatic rings. The molecule has 0 spiro atoms. The van der Waals surface area contributed by atoms with Gasteiger partial charge in [0.1, 0.15) is 5.60 Å². The average Bonchev–Trinajstić information content (AvgIpc) is 2.36. The Labute approximate surface area is 146 Å². The molecule has 0 heterocycles. The molecular formula is C18H35N3O3. The van der Waals surface area contributed by atoms with E-state index in [0.717, 1.165) is 25.7 Å². The van der Waals surface area contributed by atoms with Crippen LogP contribution in [-0.4, -0.2) is 46.8 Å². The number of carbonyl (C=O) groups excluding carboxylic acids is 2. The second-order valence-corrected chi connectivity index (χ2v) is 8.74. The van der Waals surface area contributed by atoms with E-state index in [9.17, 15) is 9.59 Å². The fourth-order valence-corrected chi connectivity index (χ4v) is 3.00. The first-order valence-electron chi connectivity index (χ1n) is 8.89. The Morgan fingerprint density at radius 2 is 1.58 bits per heavy atom. The maximum absolute atomic E-state index is 12.5. The lowest BCUT2D eigenvalue weighted by molar-refractivity contribution is -0.119. The van der Waals surface area contributed by atoms with E-state index >= 15 is 0 Å². The Bertz CT molecular complexity index is 430. The van der Waals surface area contributed by atoms with E-state index in [1.54, 1.807) is 4.90 Å². The standard InChI is InChI=1S/C18H35N3O3/c1-13(22)19-12-21(16(23)24-18(5,6)7)15-10-8-14(9-11-15)20-17(2,3)4/h14-15,20H,8-12H2,1-7H3,(H,19,22). The minimum absolute atomic E-state index is 0.0958. The van der Waals surface area contributed by atoms with Gasteiger partial charge in [-0.15, -0.1) is 0 Å². The highest BCUT2D eigenvalue weighted by Gasteiger charge is 2.32. The summed E-state index contributed by atoms with van der Waals surface area (Å²) < 4.78 is 5.51. The van der Waals surface area contributed by atoms with Crippen molar-refractivity contribution in [2.75, 3.05) is 6.67 Å². The van der Waals surface area contributed by atoms with Gasteiger partial charge in [0.15, 0.2) is 0 Å². The van der Waals surface area contributed by atoms with Crippen molar-refractivity contribution in [2.45, 2.75) is 97.4 Å². The van der Waals surface area contributed by atoms with Gasteiger partial charge in [-0.05, 0) is 67.2 Å². The number of carbonyl (C=O) groups is 2. The van der Waals surface area contributed by atoms with Crippen molar-refractivity contribution in [1.29, 1.82) is 0 Å². The smallest absolute Gasteiger partial charge is 0.411 e. The molecule has 0 aromatic carbocycles. The van der Waals surface area contributed by atoms with Crippen LogP contribution in [0.25, 0.3) is 0 Å². The van der Waals surface area contributed by atoms with Crippen molar-refractivity contribution in [1.82, 2.24) is 15.5 Å². The zero-order valence-corrected chi connectivity index (χ0v) is 16.4. The van der Waals surface area contributed by atoms with Crippen LogP contribution in [0.2, 0.25) is 0 Å². The molecule has 0 radical (unpaired) electrons. The summed E-state index contributed by atoms with van der Waals surface area (Å²) in [6, 6.07) is 0.576. The Balaban J connectivity index is 2.67. The third kappa shape index (κ3) is 7.99. The van der Waals surface area contributed by atoms with Gasteiger partial charge in [-0.25, -0.2) is 4.79 Å². The molecule has 6 nitrogen and oxygen atoms in total. The van der Waals surface area contributed by atoms with Crippen molar-refractivity contribution < 1.29 is 14.3 Å². The molecule has 1 rings (SSSR count). The Morgan fingerprint density at radius 1 is 1.04 bits per heavy atom. The average molecular weight is 341 g/mol. The van der Waals surface area contributed by atoms with Crippen LogP contribution < -0.4 is 10.6 Å². The van der Waals surface area contributed by atoms with Gasteiger partial charge in [-0.3, -0.25) is 9.69 Å². The molecule has 0 bridgehead atoms. The van der Waals surface area contributed by atoms with Gasteiger partial charge in [0.2, 0.25) is 5.91 Å². The van der Waals surface area contributed by atoms with Gasteiger partial charge in [0, 0.05) is 24.5 Å². The molecule has 1 aliphatic carbocycles. The maximum Gasteiger partial charge on any atom is 0.411 e. The van der Waals surface area contributed by atoms with Gasteiger partial charge in [-0.1, -0.05) is 0 Å². The van der Waals surface area contributed by atoms with Gasteiger partial charge in [-0.2, -0.15) is 0 Å². The predicted molar refractivity (Wildman–Crippen MR) is 95.7 cm³/mol. The first kappa shape index (κ1) is 20.7. The van der Waals surface area contributed by atoms with Crippen LogP contribution in [0.4, 0.5) is 4.79 Å². The van der Waals surface area contributed by atoms with Crippen LogP contribution in [0.1, 0.15) is 74.1 Å². The van der Waals surface area contributed by atoms with E-state index in [-0.39, 0.29) is 30.2 Å². The monoisotopic (exact) mass is 341 g/mol. The van der Waals surface area contributed by atoms with Crippen LogP contribution in [0.3, 0.4) is 0 Å². The number of amides is 2. The van der Waals surface area contributed by atoms with Crippen molar-refractivity contribution >= 4 is 12.0 Å². The highest BCUT2D eigenvalue weighted by molar-refractivity contribution is 5.74. The molecule has 140 valence electrons. The van der Waals surface area contributed by atoms with Gasteiger partial charge < -0.3 is 15.4 Å². The number of rotatable bonds is 4. The second kappa shape index (κ2) is 8.19. The lowest BCUT2D eigenvalue weighted by atomic mass is 9.89. The predicted octanol–water partition coefficient (Wildman–Crippen LogP) is 3.02. The second-order valence-electron chi connectivity index (χ2n) is 8.74. The summed E-state index contributed by atoms with van der Waals surface area (Å²) in [6.45, 7) is 13.7. The SMILES string of the molecule is CC(=O)NCN(C(=O)OC(C)(C)C)C1CCC(NC(C)(C)C)CC1. The molecule has 0 aliphatic heterocycles. The molecule has 24 heavy (non-hydrogen) atoms. The lowest BCUT2D eigenvalue weighted by Gasteiger charge is -2.39. The largest absolute Gasteiger partial charge is 0.444 e. The van der Waals surface area contributed by atoms with E-state index in [1.807, 2.05) is 20.8 Å². The summed E-state index contributed by atoms with van der Waals surface area (Å²) in [5, 5.41) is 6.36. The molecular weight excluding hydrogens is 306 g/mol. The normalized spacial score (nSPS) is 22.0. The molecule has 0 aromatic heterocycles. The van der Waals surface area contributed by atoms with E-state index < -0.39 is 5.60 Å². The summed E-state index contributed by atoms with van der Waals surface area (Å²) in [5.41, 5.74) is -0.449. The Morgan fingerprint density at radius 3 is 2.00 bits per heavy atom. The maximum atomic E-state index is 12.5. The quantitative estimate of drug-likeness (QED) is 0.771. The van der Waals surface area contributed by atoms with E-state index in [4.69, 9.17) is 4.74 Å². The van der Waals surface area contributed by atoms with Crippen LogP contribution in [0.15, 0.2) is 0 Å². The number of hydrogen-bond acceptors (Lipinski definition) is 4.